The van der Waals surface area contributed by atoms with Crippen molar-refractivity contribution in [2.75, 3.05) is 20.1 Å². The highest BCUT2D eigenvalue weighted by Crippen LogP contribution is 2.36. The predicted octanol–water partition coefficient (Wildman–Crippen LogP) is 2.01. The number of hydrogen-bond acceptors (Lipinski definition) is 3. The standard InChI is InChI=1S/C17H23N3O2/c1-13-6-7-14(11-18-13)16(22)20-10-4-9-17(12-20)8-3-5-15(21)19(17)2/h6-7,11H,3-5,8-10,12H2,1-2H3/t17-/m0/s1. The van der Waals surface area contributed by atoms with Crippen molar-refractivity contribution >= 4 is 11.8 Å². The van der Waals surface area contributed by atoms with Gasteiger partial charge in [-0.1, -0.05) is 0 Å². The lowest BCUT2D eigenvalue weighted by atomic mass is 9.80. The number of aromatic nitrogens is 1. The van der Waals surface area contributed by atoms with Crippen molar-refractivity contribution in [2.45, 2.75) is 44.6 Å². The van der Waals surface area contributed by atoms with Crippen LogP contribution in [0.3, 0.4) is 0 Å². The van der Waals surface area contributed by atoms with E-state index in [0.717, 1.165) is 37.9 Å². The molecule has 3 heterocycles. The van der Waals surface area contributed by atoms with Crippen LogP contribution >= 0.6 is 0 Å². The number of carbonyl (C=O) groups excluding carboxylic acids is 2. The molecule has 0 saturated carbocycles. The molecular weight excluding hydrogens is 278 g/mol. The van der Waals surface area contributed by atoms with Crippen molar-refractivity contribution < 1.29 is 9.59 Å². The third-order valence-electron chi connectivity index (χ3n) is 5.12. The summed E-state index contributed by atoms with van der Waals surface area (Å²) >= 11 is 0. The Hall–Kier alpha value is -1.91. The minimum atomic E-state index is -0.165. The molecule has 2 aliphatic rings. The molecule has 1 aromatic rings. The maximum absolute atomic E-state index is 12.7. The van der Waals surface area contributed by atoms with Gasteiger partial charge in [-0.3, -0.25) is 14.6 Å². The molecule has 118 valence electrons. The van der Waals surface area contributed by atoms with Gasteiger partial charge in [-0.25, -0.2) is 0 Å². The van der Waals surface area contributed by atoms with Gasteiger partial charge in [-0.2, -0.15) is 0 Å². The van der Waals surface area contributed by atoms with Gasteiger partial charge in [0.1, 0.15) is 0 Å². The van der Waals surface area contributed by atoms with E-state index < -0.39 is 0 Å². The van der Waals surface area contributed by atoms with Crippen LogP contribution in [0.5, 0.6) is 0 Å². The van der Waals surface area contributed by atoms with Gasteiger partial charge >= 0.3 is 0 Å². The van der Waals surface area contributed by atoms with E-state index in [-0.39, 0.29) is 17.4 Å². The van der Waals surface area contributed by atoms with E-state index in [1.807, 2.05) is 35.9 Å². The van der Waals surface area contributed by atoms with Gasteiger partial charge < -0.3 is 9.80 Å². The van der Waals surface area contributed by atoms with Crippen LogP contribution in [0.4, 0.5) is 0 Å². The number of amides is 2. The van der Waals surface area contributed by atoms with Crippen LogP contribution in [0.15, 0.2) is 18.3 Å². The molecule has 0 bridgehead atoms. The minimum absolute atomic E-state index is 0.0259. The Morgan fingerprint density at radius 3 is 2.77 bits per heavy atom. The third kappa shape index (κ3) is 2.60. The summed E-state index contributed by atoms with van der Waals surface area (Å²) in [7, 11) is 1.89. The molecule has 0 aliphatic carbocycles. The summed E-state index contributed by atoms with van der Waals surface area (Å²) in [6.45, 7) is 3.31. The molecule has 22 heavy (non-hydrogen) atoms. The Labute approximate surface area is 131 Å². The van der Waals surface area contributed by atoms with E-state index >= 15 is 0 Å². The van der Waals surface area contributed by atoms with Crippen molar-refractivity contribution in [3.8, 4) is 0 Å². The Kier molecular flexibility index (Phi) is 3.89. The number of piperidine rings is 2. The summed E-state index contributed by atoms with van der Waals surface area (Å²) in [5, 5.41) is 0. The first-order valence-electron chi connectivity index (χ1n) is 8.00. The monoisotopic (exact) mass is 301 g/mol. The third-order valence-corrected chi connectivity index (χ3v) is 5.12. The highest BCUT2D eigenvalue weighted by molar-refractivity contribution is 5.94. The molecule has 1 spiro atoms. The normalized spacial score (nSPS) is 25.6. The van der Waals surface area contributed by atoms with Crippen LogP contribution in [0.2, 0.25) is 0 Å². The molecule has 1 atom stereocenters. The predicted molar refractivity (Wildman–Crippen MR) is 83.5 cm³/mol. The van der Waals surface area contributed by atoms with Gasteiger partial charge in [0.25, 0.3) is 5.91 Å². The topological polar surface area (TPSA) is 53.5 Å². The van der Waals surface area contributed by atoms with Crippen molar-refractivity contribution in [2.24, 2.45) is 0 Å². The summed E-state index contributed by atoms with van der Waals surface area (Å²) < 4.78 is 0. The van der Waals surface area contributed by atoms with Crippen molar-refractivity contribution in [1.82, 2.24) is 14.8 Å². The molecule has 0 N–H and O–H groups in total. The molecule has 5 nitrogen and oxygen atoms in total. The van der Waals surface area contributed by atoms with Crippen LogP contribution in [-0.2, 0) is 4.79 Å². The second-order valence-corrected chi connectivity index (χ2v) is 6.55. The maximum atomic E-state index is 12.7. The SMILES string of the molecule is Cc1ccc(C(=O)N2CCC[C@@]3(CCCC(=O)N3C)C2)cn1. The first kappa shape index (κ1) is 15.0. The fourth-order valence-corrected chi connectivity index (χ4v) is 3.71. The highest BCUT2D eigenvalue weighted by atomic mass is 16.2. The lowest BCUT2D eigenvalue weighted by Gasteiger charge is -2.50. The molecule has 2 amide bonds. The van der Waals surface area contributed by atoms with Crippen LogP contribution in [0.1, 0.15) is 48.2 Å². The quantitative estimate of drug-likeness (QED) is 0.797. The molecule has 1 aromatic heterocycles. The average molecular weight is 301 g/mol. The van der Waals surface area contributed by atoms with Crippen LogP contribution in [0.25, 0.3) is 0 Å². The van der Waals surface area contributed by atoms with E-state index in [1.165, 1.54) is 0 Å². The largest absolute Gasteiger partial charge is 0.338 e. The molecule has 0 radical (unpaired) electrons. The molecule has 2 aliphatic heterocycles. The number of pyridine rings is 1. The van der Waals surface area contributed by atoms with Gasteiger partial charge in [-0.05, 0) is 44.7 Å². The molecule has 5 heteroatoms. The van der Waals surface area contributed by atoms with Crippen molar-refractivity contribution in [3.63, 3.8) is 0 Å². The zero-order valence-electron chi connectivity index (χ0n) is 13.3. The number of likely N-dealkylation sites (tertiary alicyclic amines) is 2. The molecule has 0 unspecified atom stereocenters. The van der Waals surface area contributed by atoms with Crippen molar-refractivity contribution in [3.05, 3.63) is 29.6 Å². The molecular formula is C17H23N3O2. The van der Waals surface area contributed by atoms with E-state index in [9.17, 15) is 9.59 Å². The first-order valence-corrected chi connectivity index (χ1v) is 8.00. The highest BCUT2D eigenvalue weighted by Gasteiger charge is 2.44. The molecule has 2 saturated heterocycles. The summed E-state index contributed by atoms with van der Waals surface area (Å²) in [4.78, 5) is 32.8. The Morgan fingerprint density at radius 1 is 1.27 bits per heavy atom. The number of rotatable bonds is 1. The summed E-state index contributed by atoms with van der Waals surface area (Å²) in [5.74, 6) is 0.232. The zero-order valence-corrected chi connectivity index (χ0v) is 13.3. The lowest BCUT2D eigenvalue weighted by molar-refractivity contribution is -0.142. The van der Waals surface area contributed by atoms with E-state index in [0.29, 0.717) is 18.5 Å². The fraction of sp³-hybridized carbons (Fsp3) is 0.588. The van der Waals surface area contributed by atoms with Gasteiger partial charge in [0.2, 0.25) is 5.91 Å². The van der Waals surface area contributed by atoms with E-state index in [1.54, 1.807) is 6.20 Å². The Morgan fingerprint density at radius 2 is 2.05 bits per heavy atom. The average Bonchev–Trinajstić information content (AvgIpc) is 2.53. The number of hydrogen-bond donors (Lipinski definition) is 0. The minimum Gasteiger partial charge on any atom is -0.338 e. The zero-order chi connectivity index (χ0) is 15.7. The summed E-state index contributed by atoms with van der Waals surface area (Å²) in [5.41, 5.74) is 1.37. The molecule has 2 fully saturated rings. The molecule has 0 aromatic carbocycles. The summed E-state index contributed by atoms with van der Waals surface area (Å²) in [6, 6.07) is 3.70. The van der Waals surface area contributed by atoms with Crippen LogP contribution < -0.4 is 0 Å². The maximum Gasteiger partial charge on any atom is 0.255 e. The van der Waals surface area contributed by atoms with Crippen LogP contribution in [0, 0.1) is 6.92 Å². The second kappa shape index (κ2) is 5.71. The smallest absolute Gasteiger partial charge is 0.255 e. The van der Waals surface area contributed by atoms with Gasteiger partial charge in [-0.15, -0.1) is 0 Å². The lowest BCUT2D eigenvalue weighted by Crippen LogP contribution is -2.61. The molecule has 3 rings (SSSR count). The summed E-state index contributed by atoms with van der Waals surface area (Å²) in [6.07, 6.45) is 6.14. The van der Waals surface area contributed by atoms with Crippen molar-refractivity contribution in [1.29, 1.82) is 0 Å². The van der Waals surface area contributed by atoms with Gasteiger partial charge in [0.05, 0.1) is 11.1 Å². The number of likely N-dealkylation sites (N-methyl/N-ethyl adjacent to an activating group) is 1. The number of nitrogens with zero attached hydrogens (tertiary/aromatic N) is 3. The second-order valence-electron chi connectivity index (χ2n) is 6.55. The Bertz CT molecular complexity index is 580. The van der Waals surface area contributed by atoms with Crippen LogP contribution in [-0.4, -0.2) is 52.3 Å². The number of aryl methyl sites for hydroxylation is 1. The van der Waals surface area contributed by atoms with E-state index in [2.05, 4.69) is 4.98 Å². The Balaban J connectivity index is 1.79. The number of carbonyl (C=O) groups is 2. The van der Waals surface area contributed by atoms with Gasteiger partial charge in [0.15, 0.2) is 0 Å². The van der Waals surface area contributed by atoms with E-state index in [4.69, 9.17) is 0 Å². The first-order chi connectivity index (χ1) is 10.5. The van der Waals surface area contributed by atoms with Gasteiger partial charge in [0, 0.05) is 38.4 Å². The fourth-order valence-electron chi connectivity index (χ4n) is 3.71.